The Hall–Kier alpha value is -2.75. The van der Waals surface area contributed by atoms with Gasteiger partial charge in [0.05, 0.1) is 23.4 Å². The number of Topliss-reactive ketones (excluding diaryl/α,β-unsaturated/α-hetero) is 1. The van der Waals surface area contributed by atoms with Crippen LogP contribution in [0.3, 0.4) is 0 Å². The molecule has 0 N–H and O–H groups in total. The number of para-hydroxylation sites is 1. The molecule has 6 rings (SSSR count). The van der Waals surface area contributed by atoms with E-state index in [-0.39, 0.29) is 23.5 Å². The lowest BCUT2D eigenvalue weighted by Crippen LogP contribution is -2.44. The first-order valence-electron chi connectivity index (χ1n) is 8.64. The summed E-state index contributed by atoms with van der Waals surface area (Å²) in [6.07, 6.45) is 0.365. The number of nitrogens with zero attached hydrogens (tertiary/aromatic N) is 1. The number of ketones is 1. The van der Waals surface area contributed by atoms with Crippen LogP contribution in [0.25, 0.3) is 0 Å². The fourth-order valence-corrected chi connectivity index (χ4v) is 5.01. The molecule has 1 saturated carbocycles. The normalized spacial score (nSPS) is 29.8. The molecule has 0 radical (unpaired) electrons. The van der Waals surface area contributed by atoms with E-state index in [9.17, 15) is 14.4 Å². The van der Waals surface area contributed by atoms with E-state index in [1.54, 1.807) is 6.07 Å². The quantitative estimate of drug-likeness (QED) is 0.755. The molecule has 4 atom stereocenters. The molecule has 1 aliphatic heterocycles. The molecular weight excluding hydrogens is 314 g/mol. The lowest BCUT2D eigenvalue weighted by molar-refractivity contribution is -0.134. The summed E-state index contributed by atoms with van der Waals surface area (Å²) in [5, 5.41) is 0. The van der Waals surface area contributed by atoms with Crippen molar-refractivity contribution in [3.8, 4) is 0 Å². The summed E-state index contributed by atoms with van der Waals surface area (Å²) in [6, 6.07) is 15.2. The smallest absolute Gasteiger partial charge is 0.238 e. The fraction of sp³-hybridized carbons (Fsp3) is 0.286. The zero-order valence-corrected chi connectivity index (χ0v) is 13.8. The maximum atomic E-state index is 13.2. The van der Waals surface area contributed by atoms with Gasteiger partial charge in [0, 0.05) is 12.3 Å². The van der Waals surface area contributed by atoms with E-state index in [0.29, 0.717) is 12.1 Å². The number of carbonyl (C=O) groups excluding carboxylic acids is 3. The minimum Gasteiger partial charge on any atom is -0.299 e. The summed E-state index contributed by atoms with van der Waals surface area (Å²) in [5.74, 6) is -1.89. The van der Waals surface area contributed by atoms with E-state index in [2.05, 4.69) is 0 Å². The van der Waals surface area contributed by atoms with Gasteiger partial charge in [0.1, 0.15) is 5.78 Å². The monoisotopic (exact) mass is 331 g/mol. The van der Waals surface area contributed by atoms with E-state index < -0.39 is 17.8 Å². The first-order chi connectivity index (χ1) is 12.1. The highest BCUT2D eigenvalue weighted by Crippen LogP contribution is 2.57. The Morgan fingerprint density at radius 2 is 1.48 bits per heavy atom. The molecule has 124 valence electrons. The van der Waals surface area contributed by atoms with E-state index in [1.165, 1.54) is 4.90 Å². The van der Waals surface area contributed by atoms with Crippen molar-refractivity contribution < 1.29 is 14.4 Å². The molecule has 2 amide bonds. The van der Waals surface area contributed by atoms with Gasteiger partial charge in [-0.3, -0.25) is 14.4 Å². The van der Waals surface area contributed by atoms with Crippen LogP contribution in [0.1, 0.15) is 34.9 Å². The van der Waals surface area contributed by atoms with Gasteiger partial charge in [-0.1, -0.05) is 42.5 Å². The van der Waals surface area contributed by atoms with Crippen LogP contribution >= 0.6 is 0 Å². The maximum Gasteiger partial charge on any atom is 0.238 e. The largest absolute Gasteiger partial charge is 0.299 e. The van der Waals surface area contributed by atoms with E-state index >= 15 is 0 Å². The number of imide groups is 1. The number of aryl methyl sites for hydroxylation is 1. The third-order valence-corrected chi connectivity index (χ3v) is 6.05. The molecule has 0 aromatic heterocycles. The summed E-state index contributed by atoms with van der Waals surface area (Å²) in [7, 11) is 0. The van der Waals surface area contributed by atoms with Crippen LogP contribution in [0.4, 0.5) is 5.69 Å². The van der Waals surface area contributed by atoms with Gasteiger partial charge in [0.2, 0.25) is 11.8 Å². The number of amides is 2. The second-order valence-electron chi connectivity index (χ2n) is 7.23. The maximum absolute atomic E-state index is 13.2. The molecule has 2 fully saturated rings. The second kappa shape index (κ2) is 4.88. The predicted molar refractivity (Wildman–Crippen MR) is 92.2 cm³/mol. The molecule has 2 aromatic rings. The number of carbonyl (C=O) groups is 3. The Bertz CT molecular complexity index is 948. The molecule has 3 aliphatic carbocycles. The number of anilines is 1. The zero-order chi connectivity index (χ0) is 17.3. The van der Waals surface area contributed by atoms with Crippen molar-refractivity contribution >= 4 is 23.3 Å². The molecule has 25 heavy (non-hydrogen) atoms. The highest BCUT2D eigenvalue weighted by atomic mass is 16.2. The molecule has 0 unspecified atom stereocenters. The Morgan fingerprint density at radius 1 is 0.840 bits per heavy atom. The van der Waals surface area contributed by atoms with Gasteiger partial charge in [-0.2, -0.15) is 0 Å². The fourth-order valence-electron chi connectivity index (χ4n) is 5.01. The molecule has 2 bridgehead atoms. The van der Waals surface area contributed by atoms with Gasteiger partial charge in [-0.05, 0) is 29.7 Å². The highest BCUT2D eigenvalue weighted by molar-refractivity contribution is 6.25. The number of hydrogen-bond acceptors (Lipinski definition) is 3. The van der Waals surface area contributed by atoms with Crippen molar-refractivity contribution in [2.24, 2.45) is 11.8 Å². The average molecular weight is 331 g/mol. The van der Waals surface area contributed by atoms with Crippen molar-refractivity contribution in [3.05, 3.63) is 65.2 Å². The number of benzene rings is 2. The minimum absolute atomic E-state index is 0.0951. The summed E-state index contributed by atoms with van der Waals surface area (Å²) < 4.78 is 0. The Balaban J connectivity index is 1.68. The van der Waals surface area contributed by atoms with Gasteiger partial charge in [0.25, 0.3) is 0 Å². The van der Waals surface area contributed by atoms with Crippen molar-refractivity contribution in [2.75, 3.05) is 4.90 Å². The first kappa shape index (κ1) is 14.6. The third-order valence-electron chi connectivity index (χ3n) is 6.05. The summed E-state index contributed by atoms with van der Waals surface area (Å²) >= 11 is 0. The van der Waals surface area contributed by atoms with Crippen LogP contribution in [-0.2, 0) is 14.4 Å². The molecule has 4 heteroatoms. The van der Waals surface area contributed by atoms with Gasteiger partial charge < -0.3 is 0 Å². The minimum atomic E-state index is -0.548. The van der Waals surface area contributed by atoms with Crippen molar-refractivity contribution in [1.82, 2.24) is 0 Å². The lowest BCUT2D eigenvalue weighted by atomic mass is 9.56. The van der Waals surface area contributed by atoms with Gasteiger partial charge in [-0.15, -0.1) is 0 Å². The van der Waals surface area contributed by atoms with Crippen molar-refractivity contribution in [2.45, 2.75) is 25.2 Å². The van der Waals surface area contributed by atoms with Crippen LogP contribution < -0.4 is 4.90 Å². The number of hydrogen-bond donors (Lipinski definition) is 0. The Labute approximate surface area is 145 Å². The van der Waals surface area contributed by atoms with Crippen LogP contribution in [0.15, 0.2) is 48.5 Å². The second-order valence-corrected chi connectivity index (χ2v) is 7.23. The average Bonchev–Trinajstić information content (AvgIpc) is 2.88. The van der Waals surface area contributed by atoms with E-state index in [1.807, 2.05) is 49.4 Å². The van der Waals surface area contributed by atoms with E-state index in [0.717, 1.165) is 16.7 Å². The van der Waals surface area contributed by atoms with Gasteiger partial charge in [-0.25, -0.2) is 4.90 Å². The van der Waals surface area contributed by atoms with Crippen LogP contribution in [0.2, 0.25) is 0 Å². The summed E-state index contributed by atoms with van der Waals surface area (Å²) in [5.41, 5.74) is 3.54. The number of fused-ring (bicyclic) bond motifs is 1. The van der Waals surface area contributed by atoms with Crippen LogP contribution in [0, 0.1) is 18.8 Å². The van der Waals surface area contributed by atoms with E-state index in [4.69, 9.17) is 0 Å². The van der Waals surface area contributed by atoms with Crippen LogP contribution in [-0.4, -0.2) is 17.6 Å². The zero-order valence-electron chi connectivity index (χ0n) is 13.8. The SMILES string of the molecule is Cc1ccccc1N1C(=O)[C@@H]2[C@H](C1=O)[C@H]1CC(=O)[C@H]2c2ccccc21. The molecule has 2 aromatic carbocycles. The molecule has 1 saturated heterocycles. The summed E-state index contributed by atoms with van der Waals surface area (Å²) in [6.45, 7) is 1.90. The lowest BCUT2D eigenvalue weighted by Gasteiger charge is -2.43. The molecule has 0 spiro atoms. The topological polar surface area (TPSA) is 54.5 Å². The predicted octanol–water partition coefficient (Wildman–Crippen LogP) is 2.95. The molecular formula is C21H17NO3. The van der Waals surface area contributed by atoms with Crippen molar-refractivity contribution in [3.63, 3.8) is 0 Å². The van der Waals surface area contributed by atoms with Gasteiger partial charge >= 0.3 is 0 Å². The highest BCUT2D eigenvalue weighted by Gasteiger charge is 2.62. The van der Waals surface area contributed by atoms with Crippen LogP contribution in [0.5, 0.6) is 0 Å². The first-order valence-corrected chi connectivity index (χ1v) is 8.64. The molecule has 4 aliphatic rings. The Kier molecular flexibility index (Phi) is 2.85. The summed E-state index contributed by atoms with van der Waals surface area (Å²) in [4.78, 5) is 40.4. The van der Waals surface area contributed by atoms with Gasteiger partial charge in [0.15, 0.2) is 0 Å². The third kappa shape index (κ3) is 1.74. The number of rotatable bonds is 1. The standard InChI is InChI=1S/C21H17NO3/c1-11-6-2-5-9-15(11)22-20(24)18-14-10-16(23)17(19(18)21(22)25)13-8-4-3-7-12(13)14/h2-9,14,17-19H,10H2,1H3/t14-,17+,18+,19-/m0/s1. The Morgan fingerprint density at radius 3 is 2.24 bits per heavy atom. The molecule has 4 nitrogen and oxygen atoms in total. The molecule has 1 heterocycles. The van der Waals surface area contributed by atoms with Crippen molar-refractivity contribution in [1.29, 1.82) is 0 Å².